The minimum absolute atomic E-state index is 0.136. The van der Waals surface area contributed by atoms with E-state index in [9.17, 15) is 15.0 Å². The van der Waals surface area contributed by atoms with Gasteiger partial charge in [-0.2, -0.15) is 0 Å². The molecule has 0 radical (unpaired) electrons. The maximum absolute atomic E-state index is 12.4. The first-order valence-electron chi connectivity index (χ1n) is 11.8. The fourth-order valence-electron chi connectivity index (χ4n) is 4.32. The van der Waals surface area contributed by atoms with Crippen LogP contribution in [0.3, 0.4) is 0 Å². The number of phenols is 2. The standard InChI is InChI=1S/C20H14O4.C12H10O/c21-15-9-5-13(6-10-15)20(14-7-11-16(22)12-8-14)18-4-2-1-3-17(18)19(23)24-20;1-3-7-11(8-4-1)13-12-9-5-2-6-10-12/h1-12,21-22H;1-10H. The van der Waals surface area contributed by atoms with Gasteiger partial charge < -0.3 is 19.7 Å². The molecule has 5 aromatic carbocycles. The number of aromatic hydroxyl groups is 2. The zero-order valence-corrected chi connectivity index (χ0v) is 19.8. The van der Waals surface area contributed by atoms with E-state index in [4.69, 9.17) is 9.47 Å². The Kier molecular flexibility index (Phi) is 6.60. The zero-order chi connectivity index (χ0) is 25.7. The molecular weight excluding hydrogens is 464 g/mol. The molecule has 1 aliphatic heterocycles. The lowest BCUT2D eigenvalue weighted by Gasteiger charge is -2.30. The summed E-state index contributed by atoms with van der Waals surface area (Å²) in [7, 11) is 0. The van der Waals surface area contributed by atoms with E-state index in [0.717, 1.165) is 28.2 Å². The average molecular weight is 489 g/mol. The average Bonchev–Trinajstić information content (AvgIpc) is 3.24. The summed E-state index contributed by atoms with van der Waals surface area (Å²) in [5, 5.41) is 19.2. The van der Waals surface area contributed by atoms with E-state index < -0.39 is 11.6 Å². The Hall–Kier alpha value is -5.03. The van der Waals surface area contributed by atoms with Gasteiger partial charge in [-0.05, 0) is 54.6 Å². The molecule has 6 rings (SSSR count). The Morgan fingerprint density at radius 2 is 0.973 bits per heavy atom. The van der Waals surface area contributed by atoms with Crippen LogP contribution >= 0.6 is 0 Å². The van der Waals surface area contributed by atoms with Crippen molar-refractivity contribution in [2.45, 2.75) is 5.60 Å². The predicted molar refractivity (Wildman–Crippen MR) is 141 cm³/mol. The minimum atomic E-state index is -1.10. The Morgan fingerprint density at radius 1 is 0.541 bits per heavy atom. The smallest absolute Gasteiger partial charge is 0.340 e. The lowest BCUT2D eigenvalue weighted by Crippen LogP contribution is -2.29. The van der Waals surface area contributed by atoms with E-state index in [0.29, 0.717) is 5.56 Å². The van der Waals surface area contributed by atoms with E-state index in [2.05, 4.69) is 0 Å². The monoisotopic (exact) mass is 488 g/mol. The molecule has 0 unspecified atom stereocenters. The molecule has 5 heteroatoms. The summed E-state index contributed by atoms with van der Waals surface area (Å²) in [6.45, 7) is 0. The fourth-order valence-corrected chi connectivity index (χ4v) is 4.32. The van der Waals surface area contributed by atoms with Gasteiger partial charge in [0, 0.05) is 16.7 Å². The lowest BCUT2D eigenvalue weighted by molar-refractivity contribution is 0.0251. The third-order valence-electron chi connectivity index (χ3n) is 6.04. The Balaban J connectivity index is 0.000000182. The summed E-state index contributed by atoms with van der Waals surface area (Å²) >= 11 is 0. The molecule has 0 aliphatic carbocycles. The number of carbonyl (C=O) groups excluding carboxylic acids is 1. The van der Waals surface area contributed by atoms with Crippen molar-refractivity contribution in [3.63, 3.8) is 0 Å². The first-order valence-corrected chi connectivity index (χ1v) is 11.8. The largest absolute Gasteiger partial charge is 0.508 e. The van der Waals surface area contributed by atoms with Crippen LogP contribution in [0.2, 0.25) is 0 Å². The molecule has 0 amide bonds. The quantitative estimate of drug-likeness (QED) is 0.265. The van der Waals surface area contributed by atoms with Crippen LogP contribution in [0.1, 0.15) is 27.0 Å². The van der Waals surface area contributed by atoms with Crippen LogP contribution in [0.25, 0.3) is 0 Å². The highest BCUT2D eigenvalue weighted by Gasteiger charge is 2.48. The molecule has 0 atom stereocenters. The maximum Gasteiger partial charge on any atom is 0.340 e. The molecular formula is C32H24O5. The molecule has 1 aliphatic rings. The van der Waals surface area contributed by atoms with Gasteiger partial charge in [-0.15, -0.1) is 0 Å². The minimum Gasteiger partial charge on any atom is -0.508 e. The van der Waals surface area contributed by atoms with Gasteiger partial charge in [-0.25, -0.2) is 4.79 Å². The zero-order valence-electron chi connectivity index (χ0n) is 19.8. The van der Waals surface area contributed by atoms with Crippen LogP contribution in [0.15, 0.2) is 133 Å². The summed E-state index contributed by atoms with van der Waals surface area (Å²) < 4.78 is 11.4. The van der Waals surface area contributed by atoms with Gasteiger partial charge in [0.1, 0.15) is 23.0 Å². The molecule has 2 N–H and O–H groups in total. The van der Waals surface area contributed by atoms with Crippen molar-refractivity contribution in [3.8, 4) is 23.0 Å². The number of hydrogen-bond donors (Lipinski definition) is 2. The lowest BCUT2D eigenvalue weighted by atomic mass is 9.80. The van der Waals surface area contributed by atoms with Gasteiger partial charge in [0.25, 0.3) is 0 Å². The number of para-hydroxylation sites is 2. The topological polar surface area (TPSA) is 76.0 Å². The molecule has 0 saturated heterocycles. The van der Waals surface area contributed by atoms with Crippen molar-refractivity contribution in [2.24, 2.45) is 0 Å². The second-order valence-corrected chi connectivity index (χ2v) is 8.44. The highest BCUT2D eigenvalue weighted by Crippen LogP contribution is 2.47. The fraction of sp³-hybridized carbons (Fsp3) is 0.0312. The Labute approximate surface area is 214 Å². The molecule has 0 saturated carbocycles. The second-order valence-electron chi connectivity index (χ2n) is 8.44. The second kappa shape index (κ2) is 10.3. The summed E-state index contributed by atoms with van der Waals surface area (Å²) in [5.74, 6) is 1.61. The van der Waals surface area contributed by atoms with Crippen molar-refractivity contribution in [2.75, 3.05) is 0 Å². The van der Waals surface area contributed by atoms with E-state index in [1.807, 2.05) is 72.8 Å². The van der Waals surface area contributed by atoms with Crippen LogP contribution in [0.5, 0.6) is 23.0 Å². The number of ether oxygens (including phenoxy) is 2. The third-order valence-corrected chi connectivity index (χ3v) is 6.04. The van der Waals surface area contributed by atoms with Crippen molar-refractivity contribution < 1.29 is 24.5 Å². The van der Waals surface area contributed by atoms with Crippen LogP contribution in [-0.4, -0.2) is 16.2 Å². The van der Waals surface area contributed by atoms with Crippen molar-refractivity contribution in [1.82, 2.24) is 0 Å². The highest BCUT2D eigenvalue weighted by atomic mass is 16.6. The molecule has 0 spiro atoms. The summed E-state index contributed by atoms with van der Waals surface area (Å²) in [4.78, 5) is 12.4. The molecule has 1 heterocycles. The van der Waals surface area contributed by atoms with E-state index in [-0.39, 0.29) is 11.5 Å². The van der Waals surface area contributed by atoms with Crippen molar-refractivity contribution >= 4 is 5.97 Å². The normalized spacial score (nSPS) is 13.0. The van der Waals surface area contributed by atoms with Crippen molar-refractivity contribution in [3.05, 3.63) is 156 Å². The van der Waals surface area contributed by atoms with Crippen LogP contribution < -0.4 is 4.74 Å². The van der Waals surface area contributed by atoms with Gasteiger partial charge in [0.15, 0.2) is 5.60 Å². The van der Waals surface area contributed by atoms with Gasteiger partial charge >= 0.3 is 5.97 Å². The first-order chi connectivity index (χ1) is 18.1. The van der Waals surface area contributed by atoms with E-state index in [1.165, 1.54) is 0 Å². The molecule has 182 valence electrons. The maximum atomic E-state index is 12.4. The van der Waals surface area contributed by atoms with Crippen molar-refractivity contribution in [1.29, 1.82) is 0 Å². The van der Waals surface area contributed by atoms with Crippen LogP contribution in [0.4, 0.5) is 0 Å². The number of esters is 1. The number of benzene rings is 5. The van der Waals surface area contributed by atoms with Crippen LogP contribution in [-0.2, 0) is 10.3 Å². The first kappa shape index (κ1) is 23.7. The highest BCUT2D eigenvalue weighted by molar-refractivity contribution is 5.96. The Morgan fingerprint density at radius 3 is 1.46 bits per heavy atom. The number of rotatable bonds is 4. The number of phenolic OH excluding ortho intramolecular Hbond substituents is 2. The molecule has 0 aromatic heterocycles. The van der Waals surface area contributed by atoms with Gasteiger partial charge in [0.2, 0.25) is 0 Å². The summed E-state index contributed by atoms with van der Waals surface area (Å²) in [6.07, 6.45) is 0. The predicted octanol–water partition coefficient (Wildman–Crippen LogP) is 7.04. The number of hydrogen-bond acceptors (Lipinski definition) is 5. The third kappa shape index (κ3) is 4.88. The number of fused-ring (bicyclic) bond motifs is 1. The number of cyclic esters (lactones) is 1. The van der Waals surface area contributed by atoms with E-state index >= 15 is 0 Å². The SMILES string of the molecule is O=C1OC(c2ccc(O)cc2)(c2ccc(O)cc2)c2ccccc21.c1ccc(Oc2ccccc2)cc1. The molecule has 5 aromatic rings. The van der Waals surface area contributed by atoms with E-state index in [1.54, 1.807) is 60.7 Å². The summed E-state index contributed by atoms with van der Waals surface area (Å²) in [6, 6.07) is 39.9. The van der Waals surface area contributed by atoms with Gasteiger partial charge in [-0.3, -0.25) is 0 Å². The Bertz CT molecular complexity index is 1400. The molecule has 5 nitrogen and oxygen atoms in total. The number of carbonyl (C=O) groups is 1. The molecule has 37 heavy (non-hydrogen) atoms. The van der Waals surface area contributed by atoms with Gasteiger partial charge in [-0.1, -0.05) is 78.9 Å². The molecule has 0 fully saturated rings. The van der Waals surface area contributed by atoms with Crippen LogP contribution in [0, 0.1) is 0 Å². The van der Waals surface area contributed by atoms with Gasteiger partial charge in [0.05, 0.1) is 5.56 Å². The summed E-state index contributed by atoms with van der Waals surface area (Å²) in [5.41, 5.74) is 1.60. The molecule has 0 bridgehead atoms.